The molecule has 0 bridgehead atoms. The number of methoxy groups -OCH3 is 1. The zero-order valence-electron chi connectivity index (χ0n) is 9.34. The van der Waals surface area contributed by atoms with Crippen LogP contribution in [0, 0.1) is 0 Å². The summed E-state index contributed by atoms with van der Waals surface area (Å²) in [6.07, 6.45) is 1.54. The van der Waals surface area contributed by atoms with E-state index in [2.05, 4.69) is 5.32 Å². The Labute approximate surface area is 86.0 Å². The van der Waals surface area contributed by atoms with E-state index in [9.17, 15) is 4.79 Å². The fourth-order valence-corrected chi connectivity index (χ4v) is 0.933. The van der Waals surface area contributed by atoms with Crippen molar-refractivity contribution in [3.63, 3.8) is 0 Å². The van der Waals surface area contributed by atoms with Crippen LogP contribution in [-0.4, -0.2) is 38.9 Å². The number of carbonyl (C=O) groups excluding carboxylic acids is 1. The highest BCUT2D eigenvalue weighted by molar-refractivity contribution is 5.75. The van der Waals surface area contributed by atoms with Gasteiger partial charge in [0.25, 0.3) is 0 Å². The van der Waals surface area contributed by atoms with Gasteiger partial charge in [-0.15, -0.1) is 0 Å². The minimum absolute atomic E-state index is 0.0643. The molecule has 14 heavy (non-hydrogen) atoms. The molecule has 0 fully saturated rings. The average molecular weight is 203 g/mol. The lowest BCUT2D eigenvalue weighted by Gasteiger charge is -2.07. The highest BCUT2D eigenvalue weighted by Crippen LogP contribution is 1.94. The summed E-state index contributed by atoms with van der Waals surface area (Å²) in [6.45, 7) is 5.77. The quantitative estimate of drug-likeness (QED) is 0.598. The molecule has 4 heteroatoms. The zero-order chi connectivity index (χ0) is 10.8. The second-order valence-corrected chi connectivity index (χ2v) is 3.37. The van der Waals surface area contributed by atoms with Crippen LogP contribution in [0.3, 0.4) is 0 Å². The van der Waals surface area contributed by atoms with Gasteiger partial charge in [-0.2, -0.15) is 0 Å². The Bertz CT molecular complexity index is 148. The predicted octanol–water partition coefficient (Wildman–Crippen LogP) is 0.954. The number of ether oxygens (including phenoxy) is 2. The van der Waals surface area contributed by atoms with E-state index in [-0.39, 0.29) is 12.0 Å². The van der Waals surface area contributed by atoms with Crippen LogP contribution in [-0.2, 0) is 14.3 Å². The maximum atomic E-state index is 11.1. The van der Waals surface area contributed by atoms with Crippen LogP contribution >= 0.6 is 0 Å². The Balaban J connectivity index is 3.18. The molecule has 0 spiro atoms. The number of carbonyl (C=O) groups is 1. The molecule has 84 valence electrons. The Morgan fingerprint density at radius 2 is 2.07 bits per heavy atom. The first-order chi connectivity index (χ1) is 6.66. The molecule has 0 aliphatic rings. The smallest absolute Gasteiger partial charge is 0.220 e. The van der Waals surface area contributed by atoms with Crippen LogP contribution < -0.4 is 5.32 Å². The van der Waals surface area contributed by atoms with E-state index in [1.165, 1.54) is 0 Å². The summed E-state index contributed by atoms with van der Waals surface area (Å²) in [6, 6.07) is 0. The summed E-state index contributed by atoms with van der Waals surface area (Å²) in [5, 5.41) is 2.75. The largest absolute Gasteiger partial charge is 0.383 e. The Hall–Kier alpha value is -0.610. The molecule has 0 radical (unpaired) electrons. The van der Waals surface area contributed by atoms with Crippen molar-refractivity contribution in [1.29, 1.82) is 0 Å². The predicted molar refractivity (Wildman–Crippen MR) is 55.2 cm³/mol. The van der Waals surface area contributed by atoms with Crippen molar-refractivity contribution in [3.8, 4) is 0 Å². The summed E-state index contributed by atoms with van der Waals surface area (Å²) < 4.78 is 10.1. The first-order valence-corrected chi connectivity index (χ1v) is 5.04. The van der Waals surface area contributed by atoms with Crippen molar-refractivity contribution in [3.05, 3.63) is 0 Å². The van der Waals surface area contributed by atoms with E-state index in [0.717, 1.165) is 6.42 Å². The molecule has 4 nitrogen and oxygen atoms in total. The van der Waals surface area contributed by atoms with E-state index in [1.807, 2.05) is 13.8 Å². The Morgan fingerprint density at radius 3 is 2.64 bits per heavy atom. The van der Waals surface area contributed by atoms with Gasteiger partial charge in [0.1, 0.15) is 0 Å². The molecule has 0 heterocycles. The molecule has 0 aliphatic heterocycles. The lowest BCUT2D eigenvalue weighted by Crippen LogP contribution is -2.26. The Morgan fingerprint density at radius 1 is 1.36 bits per heavy atom. The van der Waals surface area contributed by atoms with Gasteiger partial charge in [-0.3, -0.25) is 4.79 Å². The van der Waals surface area contributed by atoms with Crippen LogP contribution in [0.5, 0.6) is 0 Å². The number of hydrogen-bond acceptors (Lipinski definition) is 3. The number of rotatable bonds is 8. The SMILES string of the molecule is COCCNC(=O)CCCOC(C)C. The van der Waals surface area contributed by atoms with E-state index < -0.39 is 0 Å². The lowest BCUT2D eigenvalue weighted by molar-refractivity contribution is -0.121. The van der Waals surface area contributed by atoms with Gasteiger partial charge in [0.2, 0.25) is 5.91 Å². The molecule has 0 rings (SSSR count). The molecule has 0 unspecified atom stereocenters. The molecular formula is C10H21NO3. The van der Waals surface area contributed by atoms with Gasteiger partial charge < -0.3 is 14.8 Å². The summed E-state index contributed by atoms with van der Waals surface area (Å²) >= 11 is 0. The first-order valence-electron chi connectivity index (χ1n) is 5.04. The molecule has 0 aromatic rings. The van der Waals surface area contributed by atoms with Crippen LogP contribution in [0.1, 0.15) is 26.7 Å². The van der Waals surface area contributed by atoms with Crippen molar-refractivity contribution in [2.75, 3.05) is 26.9 Å². The zero-order valence-corrected chi connectivity index (χ0v) is 9.34. The molecule has 0 aromatic heterocycles. The lowest BCUT2D eigenvalue weighted by atomic mass is 10.3. The van der Waals surface area contributed by atoms with Gasteiger partial charge in [0.05, 0.1) is 12.7 Å². The molecule has 0 aliphatic carbocycles. The minimum atomic E-state index is 0.0643. The monoisotopic (exact) mass is 203 g/mol. The number of amides is 1. The second-order valence-electron chi connectivity index (χ2n) is 3.37. The molecule has 0 saturated heterocycles. The number of nitrogens with one attached hydrogen (secondary N) is 1. The topological polar surface area (TPSA) is 47.6 Å². The van der Waals surface area contributed by atoms with Gasteiger partial charge in [-0.25, -0.2) is 0 Å². The minimum Gasteiger partial charge on any atom is -0.383 e. The maximum Gasteiger partial charge on any atom is 0.220 e. The van der Waals surface area contributed by atoms with Crippen molar-refractivity contribution < 1.29 is 14.3 Å². The van der Waals surface area contributed by atoms with E-state index in [4.69, 9.17) is 9.47 Å². The van der Waals surface area contributed by atoms with Crippen molar-refractivity contribution in [1.82, 2.24) is 5.32 Å². The standard InChI is InChI=1S/C10H21NO3/c1-9(2)14-7-4-5-10(12)11-6-8-13-3/h9H,4-8H2,1-3H3,(H,11,12). The number of hydrogen-bond donors (Lipinski definition) is 1. The fraction of sp³-hybridized carbons (Fsp3) is 0.900. The first kappa shape index (κ1) is 13.4. The second kappa shape index (κ2) is 8.97. The molecule has 1 amide bonds. The van der Waals surface area contributed by atoms with Crippen LogP contribution in [0.4, 0.5) is 0 Å². The van der Waals surface area contributed by atoms with E-state index in [0.29, 0.717) is 26.2 Å². The molecule has 1 N–H and O–H groups in total. The average Bonchev–Trinajstić information content (AvgIpc) is 2.13. The third-order valence-corrected chi connectivity index (χ3v) is 1.63. The fourth-order valence-electron chi connectivity index (χ4n) is 0.933. The van der Waals surface area contributed by atoms with Gasteiger partial charge in [0, 0.05) is 26.7 Å². The summed E-state index contributed by atoms with van der Waals surface area (Å²) in [5.41, 5.74) is 0. The van der Waals surface area contributed by atoms with Crippen molar-refractivity contribution in [2.45, 2.75) is 32.8 Å². The van der Waals surface area contributed by atoms with Gasteiger partial charge in [-0.1, -0.05) is 0 Å². The third-order valence-electron chi connectivity index (χ3n) is 1.63. The van der Waals surface area contributed by atoms with Crippen LogP contribution in [0.15, 0.2) is 0 Å². The molecule has 0 atom stereocenters. The Kier molecular flexibility index (Phi) is 8.57. The normalized spacial score (nSPS) is 10.6. The van der Waals surface area contributed by atoms with Gasteiger partial charge in [0.15, 0.2) is 0 Å². The van der Waals surface area contributed by atoms with E-state index in [1.54, 1.807) is 7.11 Å². The maximum absolute atomic E-state index is 11.1. The summed E-state index contributed by atoms with van der Waals surface area (Å²) in [7, 11) is 1.61. The summed E-state index contributed by atoms with van der Waals surface area (Å²) in [4.78, 5) is 11.1. The van der Waals surface area contributed by atoms with Gasteiger partial charge in [-0.05, 0) is 20.3 Å². The van der Waals surface area contributed by atoms with Crippen LogP contribution in [0.25, 0.3) is 0 Å². The molecule has 0 saturated carbocycles. The van der Waals surface area contributed by atoms with Crippen molar-refractivity contribution >= 4 is 5.91 Å². The highest BCUT2D eigenvalue weighted by atomic mass is 16.5. The van der Waals surface area contributed by atoms with Gasteiger partial charge >= 0.3 is 0 Å². The van der Waals surface area contributed by atoms with E-state index >= 15 is 0 Å². The summed E-state index contributed by atoms with van der Waals surface area (Å²) in [5.74, 6) is 0.0643. The van der Waals surface area contributed by atoms with Crippen LogP contribution in [0.2, 0.25) is 0 Å². The molecular weight excluding hydrogens is 182 g/mol. The molecule has 0 aromatic carbocycles. The van der Waals surface area contributed by atoms with Crippen molar-refractivity contribution in [2.24, 2.45) is 0 Å². The highest BCUT2D eigenvalue weighted by Gasteiger charge is 2.00. The third kappa shape index (κ3) is 9.48.